The van der Waals surface area contributed by atoms with Crippen LogP contribution < -0.4 is 10.5 Å². The van der Waals surface area contributed by atoms with Gasteiger partial charge >= 0.3 is 0 Å². The number of ether oxygens (including phenoxy) is 2. The van der Waals surface area contributed by atoms with Crippen molar-refractivity contribution in [3.05, 3.63) is 29.3 Å². The zero-order valence-corrected chi connectivity index (χ0v) is 12.0. The van der Waals surface area contributed by atoms with E-state index < -0.39 is 0 Å². The van der Waals surface area contributed by atoms with Crippen LogP contribution in [0.2, 0.25) is 0 Å². The van der Waals surface area contributed by atoms with Gasteiger partial charge in [0.05, 0.1) is 13.2 Å². The highest BCUT2D eigenvalue weighted by molar-refractivity contribution is 5.38. The fourth-order valence-corrected chi connectivity index (χ4v) is 2.70. The van der Waals surface area contributed by atoms with E-state index in [0.717, 1.165) is 30.8 Å². The Morgan fingerprint density at radius 3 is 2.95 bits per heavy atom. The maximum absolute atomic E-state index is 6.32. The largest absolute Gasteiger partial charge is 0.496 e. The van der Waals surface area contributed by atoms with Gasteiger partial charge in [-0.25, -0.2) is 0 Å². The molecule has 0 amide bonds. The van der Waals surface area contributed by atoms with Crippen molar-refractivity contribution in [2.45, 2.75) is 51.2 Å². The highest BCUT2D eigenvalue weighted by Gasteiger charge is 2.17. The summed E-state index contributed by atoms with van der Waals surface area (Å²) < 4.78 is 11.2. The van der Waals surface area contributed by atoms with Crippen LogP contribution in [0.5, 0.6) is 5.75 Å². The molecule has 1 aliphatic heterocycles. The summed E-state index contributed by atoms with van der Waals surface area (Å²) in [5.41, 5.74) is 8.65. The van der Waals surface area contributed by atoms with Crippen LogP contribution in [-0.4, -0.2) is 19.8 Å². The molecule has 3 nitrogen and oxygen atoms in total. The van der Waals surface area contributed by atoms with Crippen molar-refractivity contribution in [2.75, 3.05) is 13.7 Å². The summed E-state index contributed by atoms with van der Waals surface area (Å²) in [5, 5.41) is 0. The molecule has 2 rings (SSSR count). The second-order valence-corrected chi connectivity index (χ2v) is 5.42. The van der Waals surface area contributed by atoms with E-state index in [2.05, 4.69) is 19.1 Å². The van der Waals surface area contributed by atoms with Gasteiger partial charge < -0.3 is 15.2 Å². The van der Waals surface area contributed by atoms with E-state index >= 15 is 0 Å². The maximum Gasteiger partial charge on any atom is 0.123 e. The van der Waals surface area contributed by atoms with E-state index in [9.17, 15) is 0 Å². The molecule has 19 heavy (non-hydrogen) atoms. The zero-order chi connectivity index (χ0) is 13.7. The van der Waals surface area contributed by atoms with Gasteiger partial charge in [-0.1, -0.05) is 17.7 Å². The van der Waals surface area contributed by atoms with E-state index in [1.165, 1.54) is 24.8 Å². The first kappa shape index (κ1) is 14.4. The normalized spacial score (nSPS) is 21.1. The molecule has 1 aromatic rings. The number of aryl methyl sites for hydroxylation is 1. The first-order valence-electron chi connectivity index (χ1n) is 7.22. The third-order valence-corrected chi connectivity index (χ3v) is 3.86. The first-order valence-corrected chi connectivity index (χ1v) is 7.22. The van der Waals surface area contributed by atoms with E-state index in [4.69, 9.17) is 15.2 Å². The Labute approximate surface area is 116 Å². The number of rotatable bonds is 5. The fraction of sp³-hybridized carbons (Fsp3) is 0.625. The van der Waals surface area contributed by atoms with Crippen LogP contribution in [0.3, 0.4) is 0 Å². The molecule has 1 heterocycles. The monoisotopic (exact) mass is 263 g/mol. The Morgan fingerprint density at radius 2 is 2.26 bits per heavy atom. The molecular weight excluding hydrogens is 238 g/mol. The molecule has 106 valence electrons. The Morgan fingerprint density at radius 1 is 1.42 bits per heavy atom. The Balaban J connectivity index is 1.94. The van der Waals surface area contributed by atoms with Gasteiger partial charge in [0.15, 0.2) is 0 Å². The van der Waals surface area contributed by atoms with Crippen LogP contribution in [0.4, 0.5) is 0 Å². The van der Waals surface area contributed by atoms with E-state index in [1.807, 2.05) is 6.07 Å². The molecule has 0 radical (unpaired) electrons. The van der Waals surface area contributed by atoms with Gasteiger partial charge in [0, 0.05) is 18.2 Å². The lowest BCUT2D eigenvalue weighted by molar-refractivity contribution is 0.00909. The van der Waals surface area contributed by atoms with Crippen LogP contribution in [0.15, 0.2) is 18.2 Å². The third-order valence-electron chi connectivity index (χ3n) is 3.86. The van der Waals surface area contributed by atoms with Crippen molar-refractivity contribution >= 4 is 0 Å². The predicted molar refractivity (Wildman–Crippen MR) is 77.5 cm³/mol. The molecule has 0 aliphatic carbocycles. The molecule has 2 N–H and O–H groups in total. The smallest absolute Gasteiger partial charge is 0.123 e. The van der Waals surface area contributed by atoms with Gasteiger partial charge in [-0.15, -0.1) is 0 Å². The maximum atomic E-state index is 6.32. The molecule has 2 unspecified atom stereocenters. The summed E-state index contributed by atoms with van der Waals surface area (Å²) in [4.78, 5) is 0. The van der Waals surface area contributed by atoms with Crippen molar-refractivity contribution < 1.29 is 9.47 Å². The molecule has 1 fully saturated rings. The van der Waals surface area contributed by atoms with Gasteiger partial charge in [-0.05, 0) is 45.1 Å². The molecule has 3 heteroatoms. The SMILES string of the molecule is COc1ccc(C)cc1C(N)CCC1CCCCO1. The van der Waals surface area contributed by atoms with Crippen LogP contribution in [0, 0.1) is 6.92 Å². The molecule has 0 aromatic heterocycles. The first-order chi connectivity index (χ1) is 9.20. The summed E-state index contributed by atoms with van der Waals surface area (Å²) in [7, 11) is 1.70. The molecule has 1 saturated heterocycles. The lowest BCUT2D eigenvalue weighted by Gasteiger charge is -2.24. The number of methoxy groups -OCH3 is 1. The summed E-state index contributed by atoms with van der Waals surface area (Å²) >= 11 is 0. The third kappa shape index (κ3) is 3.95. The quantitative estimate of drug-likeness (QED) is 0.886. The average Bonchev–Trinajstić information content (AvgIpc) is 2.46. The topological polar surface area (TPSA) is 44.5 Å². The molecule has 0 bridgehead atoms. The van der Waals surface area contributed by atoms with Gasteiger partial charge in [-0.3, -0.25) is 0 Å². The average molecular weight is 263 g/mol. The van der Waals surface area contributed by atoms with E-state index in [0.29, 0.717) is 6.10 Å². The highest BCUT2D eigenvalue weighted by Crippen LogP contribution is 2.29. The summed E-state index contributed by atoms with van der Waals surface area (Å²) in [6.45, 7) is 2.99. The van der Waals surface area contributed by atoms with Crippen molar-refractivity contribution in [3.8, 4) is 5.75 Å². The van der Waals surface area contributed by atoms with Crippen LogP contribution >= 0.6 is 0 Å². The summed E-state index contributed by atoms with van der Waals surface area (Å²) in [6.07, 6.45) is 6.05. The van der Waals surface area contributed by atoms with Crippen molar-refractivity contribution in [2.24, 2.45) is 5.73 Å². The molecular formula is C16H25NO2. The molecule has 1 aromatic carbocycles. The second kappa shape index (κ2) is 6.92. The minimum Gasteiger partial charge on any atom is -0.496 e. The van der Waals surface area contributed by atoms with Gasteiger partial charge in [0.2, 0.25) is 0 Å². The lowest BCUT2D eigenvalue weighted by Crippen LogP contribution is -2.21. The van der Waals surface area contributed by atoms with Crippen LogP contribution in [0.25, 0.3) is 0 Å². The number of benzene rings is 1. The fourth-order valence-electron chi connectivity index (χ4n) is 2.70. The molecule has 0 spiro atoms. The standard InChI is InChI=1S/C16H25NO2/c1-12-6-9-16(18-2)14(11-12)15(17)8-7-13-5-3-4-10-19-13/h6,9,11,13,15H,3-5,7-8,10,17H2,1-2H3. The molecule has 1 aliphatic rings. The number of nitrogens with two attached hydrogens (primary N) is 1. The minimum atomic E-state index is 0.0281. The second-order valence-electron chi connectivity index (χ2n) is 5.42. The van der Waals surface area contributed by atoms with Gasteiger partial charge in [0.1, 0.15) is 5.75 Å². The highest BCUT2D eigenvalue weighted by atomic mass is 16.5. The molecule has 2 atom stereocenters. The lowest BCUT2D eigenvalue weighted by atomic mass is 9.96. The van der Waals surface area contributed by atoms with E-state index in [1.54, 1.807) is 7.11 Å². The number of hydrogen-bond donors (Lipinski definition) is 1. The van der Waals surface area contributed by atoms with Gasteiger partial charge in [-0.2, -0.15) is 0 Å². The van der Waals surface area contributed by atoms with Gasteiger partial charge in [0.25, 0.3) is 0 Å². The summed E-state index contributed by atoms with van der Waals surface area (Å²) in [6, 6.07) is 6.21. The summed E-state index contributed by atoms with van der Waals surface area (Å²) in [5.74, 6) is 0.891. The van der Waals surface area contributed by atoms with Crippen molar-refractivity contribution in [3.63, 3.8) is 0 Å². The molecule has 0 saturated carbocycles. The Hall–Kier alpha value is -1.06. The van der Waals surface area contributed by atoms with Crippen LogP contribution in [-0.2, 0) is 4.74 Å². The number of hydrogen-bond acceptors (Lipinski definition) is 3. The van der Waals surface area contributed by atoms with Crippen molar-refractivity contribution in [1.29, 1.82) is 0 Å². The van der Waals surface area contributed by atoms with Crippen molar-refractivity contribution in [1.82, 2.24) is 0 Å². The Kier molecular flexibility index (Phi) is 5.23. The predicted octanol–water partition coefficient (Wildman–Crippen LogP) is 3.35. The Bertz CT molecular complexity index is 400. The van der Waals surface area contributed by atoms with E-state index in [-0.39, 0.29) is 6.04 Å². The zero-order valence-electron chi connectivity index (χ0n) is 12.0. The minimum absolute atomic E-state index is 0.0281. The van der Waals surface area contributed by atoms with Crippen LogP contribution in [0.1, 0.15) is 49.3 Å².